The van der Waals surface area contributed by atoms with Crippen LogP contribution in [-0.2, 0) is 0 Å². The zero-order valence-electron chi connectivity index (χ0n) is 33.5. The smallest absolute Gasteiger partial charge is 0.164 e. The van der Waals surface area contributed by atoms with Crippen LogP contribution in [0, 0.1) is 0 Å². The molecule has 3 heterocycles. The Bertz CT molecular complexity index is 3630. The van der Waals surface area contributed by atoms with Crippen LogP contribution in [0.5, 0.6) is 0 Å². The van der Waals surface area contributed by atoms with Gasteiger partial charge >= 0.3 is 0 Å². The molecule has 0 aliphatic carbocycles. The Hall–Kier alpha value is -7.99. The predicted octanol–water partition coefficient (Wildman–Crippen LogP) is 15.3. The van der Waals surface area contributed by atoms with E-state index in [2.05, 4.69) is 199 Å². The molecule has 0 bridgehead atoms. The van der Waals surface area contributed by atoms with Crippen molar-refractivity contribution < 1.29 is 0 Å². The third kappa shape index (κ3) is 6.09. The highest BCUT2D eigenvalue weighted by molar-refractivity contribution is 7.26. The largest absolute Gasteiger partial charge is 0.309 e. The molecule has 0 atom stereocenters. The lowest BCUT2D eigenvalue weighted by molar-refractivity contribution is 1.07. The molecule has 0 N–H and O–H groups in total. The van der Waals surface area contributed by atoms with Gasteiger partial charge in [0.2, 0.25) is 0 Å². The molecule has 4 nitrogen and oxygen atoms in total. The Balaban J connectivity index is 1.01. The van der Waals surface area contributed by atoms with E-state index >= 15 is 0 Å². The molecule has 9 aromatic carbocycles. The average Bonchev–Trinajstić information content (AvgIpc) is 3.90. The van der Waals surface area contributed by atoms with Crippen molar-refractivity contribution >= 4 is 53.3 Å². The van der Waals surface area contributed by atoms with Crippen molar-refractivity contribution in [2.24, 2.45) is 0 Å². The van der Waals surface area contributed by atoms with Gasteiger partial charge in [-0.3, -0.25) is 0 Å². The van der Waals surface area contributed by atoms with Gasteiger partial charge in [0.25, 0.3) is 0 Å². The fourth-order valence-electron chi connectivity index (χ4n) is 9.00. The van der Waals surface area contributed by atoms with Gasteiger partial charge in [-0.2, -0.15) is 0 Å². The summed E-state index contributed by atoms with van der Waals surface area (Å²) >= 11 is 1.83. The molecule has 3 aromatic heterocycles. The maximum absolute atomic E-state index is 5.16. The van der Waals surface area contributed by atoms with Crippen LogP contribution in [-0.4, -0.2) is 19.5 Å². The third-order valence-corrected chi connectivity index (χ3v) is 13.1. The van der Waals surface area contributed by atoms with Crippen molar-refractivity contribution in [3.8, 4) is 73.2 Å². The van der Waals surface area contributed by atoms with Crippen LogP contribution >= 0.6 is 11.3 Å². The topological polar surface area (TPSA) is 43.6 Å². The van der Waals surface area contributed by atoms with Crippen LogP contribution in [0.4, 0.5) is 0 Å². The summed E-state index contributed by atoms with van der Waals surface area (Å²) in [5, 5.41) is 4.94. The standard InChI is InChI=1S/C57H36N4S/c1-4-17-37(18-5-1)39-21-14-22-40(35-39)56-58-55(38-19-6-2-7-20-38)59-57(60-56)41-33-34-46-50-31-16-30-49(54(50)62-52(46)36-41)44-26-11-10-25-43(44)47-28-15-29-48-45-27-12-13-32-51(45)61(53(47)48)42-23-8-3-9-24-42/h1-36H. The molecule has 62 heavy (non-hydrogen) atoms. The lowest BCUT2D eigenvalue weighted by atomic mass is 9.92. The fraction of sp³-hybridized carbons (Fsp3) is 0. The number of benzene rings is 9. The van der Waals surface area contributed by atoms with Crippen molar-refractivity contribution in [3.05, 3.63) is 218 Å². The van der Waals surface area contributed by atoms with Gasteiger partial charge in [0.05, 0.1) is 11.0 Å². The minimum absolute atomic E-state index is 0.642. The summed E-state index contributed by atoms with van der Waals surface area (Å²) in [6.07, 6.45) is 0. The van der Waals surface area contributed by atoms with E-state index < -0.39 is 0 Å². The molecule has 0 aliphatic heterocycles. The first kappa shape index (κ1) is 35.9. The Morgan fingerprint density at radius 1 is 0.323 bits per heavy atom. The van der Waals surface area contributed by atoms with Crippen LogP contribution in [0.2, 0.25) is 0 Å². The van der Waals surface area contributed by atoms with Crippen molar-refractivity contribution in [3.63, 3.8) is 0 Å². The number of aromatic nitrogens is 4. The summed E-state index contributed by atoms with van der Waals surface area (Å²) in [5.41, 5.74) is 13.5. The lowest BCUT2D eigenvalue weighted by Gasteiger charge is -2.15. The average molecular weight is 809 g/mol. The van der Waals surface area contributed by atoms with Gasteiger partial charge < -0.3 is 4.57 Å². The zero-order chi connectivity index (χ0) is 41.0. The molecule has 0 saturated carbocycles. The number of hydrogen-bond acceptors (Lipinski definition) is 4. The van der Waals surface area contributed by atoms with Crippen LogP contribution in [0.1, 0.15) is 0 Å². The minimum Gasteiger partial charge on any atom is -0.309 e. The van der Waals surface area contributed by atoms with Gasteiger partial charge in [-0.15, -0.1) is 11.3 Å². The molecule has 290 valence electrons. The van der Waals surface area contributed by atoms with E-state index in [1.54, 1.807) is 0 Å². The Morgan fingerprint density at radius 2 is 0.839 bits per heavy atom. The van der Waals surface area contributed by atoms with Gasteiger partial charge in [-0.1, -0.05) is 188 Å². The van der Waals surface area contributed by atoms with E-state index in [1.807, 2.05) is 35.6 Å². The fourth-order valence-corrected chi connectivity index (χ4v) is 10.3. The zero-order valence-corrected chi connectivity index (χ0v) is 34.3. The molecular formula is C57H36N4S. The van der Waals surface area contributed by atoms with Crippen LogP contribution in [0.3, 0.4) is 0 Å². The SMILES string of the molecule is c1ccc(-c2cccc(-c3nc(-c4ccccc4)nc(-c4ccc5c(c4)sc4c(-c6ccccc6-c6cccc7c8ccccc8n(-c8ccccc8)c67)cccc45)n3)c2)cc1. The molecule has 12 rings (SSSR count). The summed E-state index contributed by atoms with van der Waals surface area (Å²) < 4.78 is 4.86. The van der Waals surface area contributed by atoms with E-state index in [9.17, 15) is 0 Å². The minimum atomic E-state index is 0.642. The van der Waals surface area contributed by atoms with Gasteiger partial charge in [0.1, 0.15) is 0 Å². The quantitative estimate of drug-likeness (QED) is 0.161. The number of thiophene rings is 1. The first-order valence-electron chi connectivity index (χ1n) is 20.9. The van der Waals surface area contributed by atoms with E-state index in [1.165, 1.54) is 64.2 Å². The number of rotatable bonds is 7. The van der Waals surface area contributed by atoms with E-state index in [0.717, 1.165) is 33.5 Å². The molecule has 0 fully saturated rings. The first-order chi connectivity index (χ1) is 30.7. The molecule has 0 unspecified atom stereocenters. The van der Waals surface area contributed by atoms with E-state index in [4.69, 9.17) is 15.0 Å². The molecule has 0 amide bonds. The summed E-state index contributed by atoms with van der Waals surface area (Å²) in [6, 6.07) is 77.5. The second-order valence-electron chi connectivity index (χ2n) is 15.5. The molecule has 0 aliphatic rings. The van der Waals surface area contributed by atoms with Crippen molar-refractivity contribution in [1.82, 2.24) is 19.5 Å². The van der Waals surface area contributed by atoms with E-state index in [-0.39, 0.29) is 0 Å². The number of hydrogen-bond donors (Lipinski definition) is 0. The summed E-state index contributed by atoms with van der Waals surface area (Å²) in [4.78, 5) is 15.3. The van der Waals surface area contributed by atoms with Crippen LogP contribution < -0.4 is 0 Å². The second kappa shape index (κ2) is 14.9. The van der Waals surface area contributed by atoms with Crippen LogP contribution in [0.15, 0.2) is 218 Å². The van der Waals surface area contributed by atoms with Gasteiger partial charge in [-0.25, -0.2) is 15.0 Å². The Kier molecular flexibility index (Phi) is 8.65. The van der Waals surface area contributed by atoms with Gasteiger partial charge in [0, 0.05) is 64.4 Å². The van der Waals surface area contributed by atoms with Gasteiger partial charge in [-0.05, 0) is 52.6 Å². The molecule has 12 aromatic rings. The van der Waals surface area contributed by atoms with Crippen molar-refractivity contribution in [2.75, 3.05) is 0 Å². The van der Waals surface area contributed by atoms with Gasteiger partial charge in [0.15, 0.2) is 17.5 Å². The molecule has 0 radical (unpaired) electrons. The highest BCUT2D eigenvalue weighted by Crippen LogP contribution is 2.46. The number of fused-ring (bicyclic) bond motifs is 6. The number of nitrogens with zero attached hydrogens (tertiary/aromatic N) is 4. The first-order valence-corrected chi connectivity index (χ1v) is 21.7. The maximum atomic E-state index is 5.16. The maximum Gasteiger partial charge on any atom is 0.164 e. The van der Waals surface area contributed by atoms with Crippen LogP contribution in [0.25, 0.3) is 115 Å². The number of para-hydroxylation sites is 3. The molecule has 5 heteroatoms. The predicted molar refractivity (Wildman–Crippen MR) is 260 cm³/mol. The summed E-state index contributed by atoms with van der Waals surface area (Å²) in [6.45, 7) is 0. The van der Waals surface area contributed by atoms with E-state index in [0.29, 0.717) is 17.5 Å². The second-order valence-corrected chi connectivity index (χ2v) is 16.6. The highest BCUT2D eigenvalue weighted by atomic mass is 32.1. The van der Waals surface area contributed by atoms with Crippen molar-refractivity contribution in [1.29, 1.82) is 0 Å². The molecule has 0 saturated heterocycles. The Morgan fingerprint density at radius 3 is 1.60 bits per heavy atom. The van der Waals surface area contributed by atoms with Crippen molar-refractivity contribution in [2.45, 2.75) is 0 Å². The Labute approximate surface area is 362 Å². The summed E-state index contributed by atoms with van der Waals surface area (Å²) in [5.74, 6) is 1.93. The molecular weight excluding hydrogens is 773 g/mol. The third-order valence-electron chi connectivity index (χ3n) is 11.9. The monoisotopic (exact) mass is 808 g/mol. The highest BCUT2D eigenvalue weighted by Gasteiger charge is 2.21. The normalized spacial score (nSPS) is 11.5. The summed E-state index contributed by atoms with van der Waals surface area (Å²) in [7, 11) is 0. The lowest BCUT2D eigenvalue weighted by Crippen LogP contribution is -2.00. The molecule has 0 spiro atoms.